The fraction of sp³-hybridized carbons (Fsp3) is 0.290. The number of benzene rings is 3. The summed E-state index contributed by atoms with van der Waals surface area (Å²) in [7, 11) is 0. The number of furan rings is 1. The quantitative estimate of drug-likeness (QED) is 0.238. The van der Waals surface area contributed by atoms with Crippen molar-refractivity contribution in [2.45, 2.75) is 52.9 Å². The Labute approximate surface area is 208 Å². The molecule has 0 amide bonds. The van der Waals surface area contributed by atoms with Gasteiger partial charge in [0, 0.05) is 33.0 Å². The molecule has 3 aromatic carbocycles. The third kappa shape index (κ3) is 3.09. The molecule has 0 aliphatic heterocycles. The SMILES string of the molecule is CC1(C)Cc2oc3ccc4c5ncnc(-c6cc(C(C)(C)C)c7ccccc7c6)c5sc4c3c2C1. The standard InChI is InChI=1S/C31H28N2OS/c1-30(2,3)22-13-18(12-17-8-6-7-9-19(17)22)26-29-27(33-16-32-26)20-10-11-23-25(28(20)35-29)21-14-31(4,5)15-24(21)34-23/h6-13,16H,14-15H2,1-5H3. The first-order chi connectivity index (χ1) is 16.7. The second-order valence-corrected chi connectivity index (χ2v) is 12.9. The van der Waals surface area contributed by atoms with Crippen LogP contribution >= 0.6 is 11.3 Å². The van der Waals surface area contributed by atoms with Crippen LogP contribution in [-0.2, 0) is 18.3 Å². The summed E-state index contributed by atoms with van der Waals surface area (Å²) in [6.07, 6.45) is 3.78. The molecule has 0 radical (unpaired) electrons. The van der Waals surface area contributed by atoms with Gasteiger partial charge in [-0.1, -0.05) is 58.9 Å². The largest absolute Gasteiger partial charge is 0.461 e. The predicted octanol–water partition coefficient (Wildman–Crippen LogP) is 8.83. The van der Waals surface area contributed by atoms with Gasteiger partial charge in [0.05, 0.1) is 15.9 Å². The first-order valence-corrected chi connectivity index (χ1v) is 13.2. The lowest BCUT2D eigenvalue weighted by Gasteiger charge is -2.22. The van der Waals surface area contributed by atoms with Crippen LogP contribution in [0.3, 0.4) is 0 Å². The van der Waals surface area contributed by atoms with Gasteiger partial charge in [-0.2, -0.15) is 0 Å². The van der Waals surface area contributed by atoms with E-state index in [1.165, 1.54) is 37.4 Å². The predicted molar refractivity (Wildman–Crippen MR) is 148 cm³/mol. The van der Waals surface area contributed by atoms with E-state index in [2.05, 4.69) is 83.1 Å². The molecule has 0 spiro atoms. The highest BCUT2D eigenvalue weighted by Crippen LogP contribution is 2.48. The van der Waals surface area contributed by atoms with Crippen molar-refractivity contribution in [3.63, 3.8) is 0 Å². The van der Waals surface area contributed by atoms with Crippen LogP contribution < -0.4 is 0 Å². The summed E-state index contributed by atoms with van der Waals surface area (Å²) in [5.74, 6) is 1.16. The Kier molecular flexibility index (Phi) is 4.16. The zero-order valence-corrected chi connectivity index (χ0v) is 21.6. The molecule has 1 aliphatic carbocycles. The second kappa shape index (κ2) is 6.92. The van der Waals surface area contributed by atoms with Gasteiger partial charge in [0.1, 0.15) is 17.7 Å². The minimum atomic E-state index is 0.0260. The van der Waals surface area contributed by atoms with Crippen molar-refractivity contribution in [3.8, 4) is 11.3 Å². The van der Waals surface area contributed by atoms with E-state index < -0.39 is 0 Å². The summed E-state index contributed by atoms with van der Waals surface area (Å²) in [4.78, 5) is 9.61. The van der Waals surface area contributed by atoms with E-state index in [1.807, 2.05) is 11.3 Å². The van der Waals surface area contributed by atoms with Crippen LogP contribution in [0, 0.1) is 5.41 Å². The molecule has 3 nitrogen and oxygen atoms in total. The summed E-state index contributed by atoms with van der Waals surface area (Å²) >= 11 is 1.82. The number of fused-ring (bicyclic) bond motifs is 8. The Balaban J connectivity index is 1.53. The highest BCUT2D eigenvalue weighted by atomic mass is 32.1. The van der Waals surface area contributed by atoms with E-state index in [0.29, 0.717) is 0 Å². The van der Waals surface area contributed by atoms with E-state index in [-0.39, 0.29) is 10.8 Å². The fourth-order valence-corrected chi connectivity index (χ4v) is 7.24. The van der Waals surface area contributed by atoms with Crippen molar-refractivity contribution >= 4 is 53.4 Å². The number of nitrogens with zero attached hydrogens (tertiary/aromatic N) is 2. The zero-order valence-electron chi connectivity index (χ0n) is 20.8. The number of rotatable bonds is 1. The van der Waals surface area contributed by atoms with Crippen molar-refractivity contribution in [1.29, 1.82) is 0 Å². The van der Waals surface area contributed by atoms with Crippen LogP contribution in [0.4, 0.5) is 0 Å². The second-order valence-electron chi connectivity index (χ2n) is 11.8. The molecule has 1 aliphatic rings. The molecule has 174 valence electrons. The minimum Gasteiger partial charge on any atom is -0.461 e. The maximum Gasteiger partial charge on any atom is 0.136 e. The summed E-state index contributed by atoms with van der Waals surface area (Å²) in [6, 6.07) is 17.6. The highest BCUT2D eigenvalue weighted by Gasteiger charge is 2.34. The number of hydrogen-bond donors (Lipinski definition) is 0. The molecule has 0 atom stereocenters. The van der Waals surface area contributed by atoms with Crippen LogP contribution in [0.2, 0.25) is 0 Å². The molecule has 3 aromatic heterocycles. The molecule has 3 heterocycles. The van der Waals surface area contributed by atoms with Gasteiger partial charge in [0.25, 0.3) is 0 Å². The van der Waals surface area contributed by atoms with Gasteiger partial charge in [-0.05, 0) is 57.9 Å². The molecular weight excluding hydrogens is 448 g/mol. The van der Waals surface area contributed by atoms with Gasteiger partial charge < -0.3 is 4.42 Å². The third-order valence-electron chi connectivity index (χ3n) is 7.49. The maximum absolute atomic E-state index is 6.34. The lowest BCUT2D eigenvalue weighted by molar-refractivity contribution is 0.371. The normalized spacial score (nSPS) is 15.6. The topological polar surface area (TPSA) is 38.9 Å². The molecule has 35 heavy (non-hydrogen) atoms. The van der Waals surface area contributed by atoms with Crippen molar-refractivity contribution in [1.82, 2.24) is 9.97 Å². The minimum absolute atomic E-state index is 0.0260. The smallest absolute Gasteiger partial charge is 0.136 e. The average Bonchev–Trinajstić information content (AvgIpc) is 3.44. The van der Waals surface area contributed by atoms with Crippen molar-refractivity contribution in [2.75, 3.05) is 0 Å². The molecule has 0 bridgehead atoms. The first-order valence-electron chi connectivity index (χ1n) is 12.3. The maximum atomic E-state index is 6.34. The van der Waals surface area contributed by atoms with Crippen molar-refractivity contribution in [3.05, 3.63) is 71.7 Å². The molecule has 0 saturated carbocycles. The van der Waals surface area contributed by atoms with Gasteiger partial charge in [-0.15, -0.1) is 11.3 Å². The van der Waals surface area contributed by atoms with Gasteiger partial charge in [-0.3, -0.25) is 0 Å². The molecule has 0 fully saturated rings. The summed E-state index contributed by atoms with van der Waals surface area (Å²) in [5.41, 5.74) is 7.21. The Morgan fingerprint density at radius 3 is 2.57 bits per heavy atom. The van der Waals surface area contributed by atoms with Crippen LogP contribution in [0.5, 0.6) is 0 Å². The number of aromatic nitrogens is 2. The first kappa shape index (κ1) is 21.1. The van der Waals surface area contributed by atoms with E-state index in [0.717, 1.165) is 45.7 Å². The highest BCUT2D eigenvalue weighted by molar-refractivity contribution is 7.27. The monoisotopic (exact) mass is 476 g/mol. The van der Waals surface area contributed by atoms with Crippen LogP contribution in [-0.4, -0.2) is 9.97 Å². The molecule has 0 saturated heterocycles. The lowest BCUT2D eigenvalue weighted by Crippen LogP contribution is -2.12. The van der Waals surface area contributed by atoms with E-state index in [1.54, 1.807) is 6.33 Å². The Hall–Kier alpha value is -3.24. The molecule has 7 rings (SSSR count). The van der Waals surface area contributed by atoms with Crippen LogP contribution in [0.25, 0.3) is 53.3 Å². The van der Waals surface area contributed by atoms with Crippen molar-refractivity contribution in [2.24, 2.45) is 5.41 Å². The Bertz CT molecular complexity index is 1810. The van der Waals surface area contributed by atoms with E-state index >= 15 is 0 Å². The molecule has 6 aromatic rings. The summed E-state index contributed by atoms with van der Waals surface area (Å²) in [5, 5.41) is 5.04. The fourth-order valence-electron chi connectivity index (χ4n) is 5.90. The molecule has 4 heteroatoms. The average molecular weight is 477 g/mol. The van der Waals surface area contributed by atoms with Gasteiger partial charge in [0.2, 0.25) is 0 Å². The summed E-state index contributed by atoms with van der Waals surface area (Å²) < 4.78 is 8.76. The number of thiophene rings is 1. The van der Waals surface area contributed by atoms with Gasteiger partial charge in [-0.25, -0.2) is 9.97 Å². The lowest BCUT2D eigenvalue weighted by atomic mass is 9.82. The Morgan fingerprint density at radius 2 is 1.74 bits per heavy atom. The molecule has 0 N–H and O–H groups in total. The zero-order chi connectivity index (χ0) is 24.1. The third-order valence-corrected chi connectivity index (χ3v) is 8.71. The van der Waals surface area contributed by atoms with Gasteiger partial charge >= 0.3 is 0 Å². The van der Waals surface area contributed by atoms with Crippen LogP contribution in [0.15, 0.2) is 59.3 Å². The summed E-state index contributed by atoms with van der Waals surface area (Å²) in [6.45, 7) is 11.5. The van der Waals surface area contributed by atoms with Gasteiger partial charge in [0.15, 0.2) is 0 Å². The van der Waals surface area contributed by atoms with Crippen LogP contribution in [0.1, 0.15) is 51.5 Å². The van der Waals surface area contributed by atoms with Crippen molar-refractivity contribution < 1.29 is 4.42 Å². The van der Waals surface area contributed by atoms with E-state index in [4.69, 9.17) is 14.4 Å². The van der Waals surface area contributed by atoms with E-state index in [9.17, 15) is 0 Å². The number of hydrogen-bond acceptors (Lipinski definition) is 4. The molecular formula is C31H28N2OS. The Morgan fingerprint density at radius 1 is 0.914 bits per heavy atom. The molecule has 0 unspecified atom stereocenters.